The third-order valence-corrected chi connectivity index (χ3v) is 5.14. The number of carbonyl (C=O) groups is 1. The molecular formula is C17H21N3OS. The van der Waals surface area contributed by atoms with Gasteiger partial charge in [-0.2, -0.15) is 0 Å². The number of fused-ring (bicyclic) bond motifs is 1. The summed E-state index contributed by atoms with van der Waals surface area (Å²) in [4.78, 5) is 12.5. The number of hydrogen-bond acceptors (Lipinski definition) is 4. The third-order valence-electron chi connectivity index (χ3n) is 4.06. The lowest BCUT2D eigenvalue weighted by molar-refractivity contribution is 0.0994. The number of aromatic nitrogens is 3. The smallest absolute Gasteiger partial charge is 0.191 e. The molecule has 0 fully saturated rings. The van der Waals surface area contributed by atoms with Crippen molar-refractivity contribution in [3.05, 3.63) is 41.2 Å². The van der Waals surface area contributed by atoms with E-state index in [0.717, 1.165) is 29.5 Å². The molecule has 1 aromatic heterocycles. The molecule has 1 atom stereocenters. The number of Topliss-reactive ketones (excluding diaryl/α,β-unsaturated/α-hetero) is 1. The number of ketones is 1. The molecule has 0 aliphatic carbocycles. The lowest BCUT2D eigenvalue weighted by Crippen LogP contribution is -2.15. The predicted octanol–water partition coefficient (Wildman–Crippen LogP) is 3.68. The lowest BCUT2D eigenvalue weighted by atomic mass is 10.1. The van der Waals surface area contributed by atoms with Crippen molar-refractivity contribution in [1.82, 2.24) is 14.8 Å². The fraction of sp³-hybridized carbons (Fsp3) is 0.471. The van der Waals surface area contributed by atoms with Crippen LogP contribution >= 0.6 is 11.8 Å². The van der Waals surface area contributed by atoms with Gasteiger partial charge in [0.25, 0.3) is 0 Å². The van der Waals surface area contributed by atoms with E-state index < -0.39 is 0 Å². The Morgan fingerprint density at radius 2 is 1.95 bits per heavy atom. The van der Waals surface area contributed by atoms with Crippen molar-refractivity contribution >= 4 is 17.5 Å². The van der Waals surface area contributed by atoms with Crippen LogP contribution in [0.5, 0.6) is 0 Å². The van der Waals surface area contributed by atoms with E-state index in [-0.39, 0.29) is 11.0 Å². The Hall–Kier alpha value is -1.62. The summed E-state index contributed by atoms with van der Waals surface area (Å²) in [5.74, 6) is 1.21. The molecule has 0 bridgehead atoms. The van der Waals surface area contributed by atoms with Crippen molar-refractivity contribution < 1.29 is 4.79 Å². The fourth-order valence-corrected chi connectivity index (χ4v) is 3.68. The van der Waals surface area contributed by atoms with Crippen LogP contribution in [0.3, 0.4) is 0 Å². The Balaban J connectivity index is 1.74. The minimum Gasteiger partial charge on any atom is -0.306 e. The summed E-state index contributed by atoms with van der Waals surface area (Å²) < 4.78 is 2.19. The van der Waals surface area contributed by atoms with Gasteiger partial charge >= 0.3 is 0 Å². The van der Waals surface area contributed by atoms with Crippen LogP contribution in [0.2, 0.25) is 0 Å². The standard InChI is InChI=1S/C17H21N3OS/c1-12-7-9-14(10-8-12)16(21)13(2)22-17-19-18-15-6-4-3-5-11-20(15)17/h7-10,13H,3-6,11H2,1-2H3. The molecule has 1 aromatic carbocycles. The van der Waals surface area contributed by atoms with Gasteiger partial charge in [-0.15, -0.1) is 10.2 Å². The first-order chi connectivity index (χ1) is 10.6. The summed E-state index contributed by atoms with van der Waals surface area (Å²) in [6, 6.07) is 7.76. The second-order valence-electron chi connectivity index (χ2n) is 5.85. The number of carbonyl (C=O) groups excluding carboxylic acids is 1. The second kappa shape index (κ2) is 6.65. The number of hydrogen-bond donors (Lipinski definition) is 0. The monoisotopic (exact) mass is 315 g/mol. The molecular weight excluding hydrogens is 294 g/mol. The Morgan fingerprint density at radius 1 is 1.18 bits per heavy atom. The number of rotatable bonds is 4. The van der Waals surface area contributed by atoms with E-state index in [1.54, 1.807) is 0 Å². The summed E-state index contributed by atoms with van der Waals surface area (Å²) in [7, 11) is 0. The largest absolute Gasteiger partial charge is 0.306 e. The van der Waals surface area contributed by atoms with E-state index in [0.29, 0.717) is 0 Å². The van der Waals surface area contributed by atoms with Crippen molar-refractivity contribution in [3.63, 3.8) is 0 Å². The average molecular weight is 315 g/mol. The summed E-state index contributed by atoms with van der Waals surface area (Å²) in [5.41, 5.74) is 1.93. The zero-order chi connectivity index (χ0) is 15.5. The highest BCUT2D eigenvalue weighted by Gasteiger charge is 2.21. The molecule has 1 aliphatic rings. The van der Waals surface area contributed by atoms with Crippen LogP contribution in [0.1, 0.15) is 47.9 Å². The predicted molar refractivity (Wildman–Crippen MR) is 88.4 cm³/mol. The van der Waals surface area contributed by atoms with Crippen LogP contribution in [0.25, 0.3) is 0 Å². The molecule has 5 heteroatoms. The highest BCUT2D eigenvalue weighted by Crippen LogP contribution is 2.27. The van der Waals surface area contributed by atoms with Gasteiger partial charge in [0.05, 0.1) is 5.25 Å². The number of thioether (sulfide) groups is 1. The summed E-state index contributed by atoms with van der Waals surface area (Å²) >= 11 is 1.52. The molecule has 0 amide bonds. The summed E-state index contributed by atoms with van der Waals surface area (Å²) in [5, 5.41) is 9.31. The van der Waals surface area contributed by atoms with Crippen LogP contribution in [-0.4, -0.2) is 25.8 Å². The van der Waals surface area contributed by atoms with Crippen molar-refractivity contribution in [2.75, 3.05) is 0 Å². The first kappa shape index (κ1) is 15.3. The van der Waals surface area contributed by atoms with Crippen molar-refractivity contribution in [2.24, 2.45) is 0 Å². The van der Waals surface area contributed by atoms with Crippen molar-refractivity contribution in [3.8, 4) is 0 Å². The summed E-state index contributed by atoms with van der Waals surface area (Å²) in [6.07, 6.45) is 4.58. The maximum absolute atomic E-state index is 12.5. The molecule has 0 radical (unpaired) electrons. The van der Waals surface area contributed by atoms with Gasteiger partial charge in [-0.1, -0.05) is 48.0 Å². The molecule has 2 aromatic rings. The van der Waals surface area contributed by atoms with Crippen LogP contribution < -0.4 is 0 Å². The minimum absolute atomic E-state index is 0.149. The van der Waals surface area contributed by atoms with Crippen LogP contribution in [0.4, 0.5) is 0 Å². The van der Waals surface area contributed by atoms with Crippen molar-refractivity contribution in [1.29, 1.82) is 0 Å². The zero-order valence-electron chi connectivity index (χ0n) is 13.1. The maximum Gasteiger partial charge on any atom is 0.191 e. The lowest BCUT2D eigenvalue weighted by Gasteiger charge is -2.11. The van der Waals surface area contributed by atoms with E-state index >= 15 is 0 Å². The average Bonchev–Trinajstić information content (AvgIpc) is 2.75. The Bertz CT molecular complexity index is 663. The third kappa shape index (κ3) is 3.24. The normalized spacial score (nSPS) is 15.9. The molecule has 1 unspecified atom stereocenters. The van der Waals surface area contributed by atoms with Crippen LogP contribution in [-0.2, 0) is 13.0 Å². The highest BCUT2D eigenvalue weighted by atomic mass is 32.2. The number of benzene rings is 1. The highest BCUT2D eigenvalue weighted by molar-refractivity contribution is 8.00. The van der Waals surface area contributed by atoms with Crippen LogP contribution in [0.15, 0.2) is 29.4 Å². The molecule has 0 saturated carbocycles. The molecule has 22 heavy (non-hydrogen) atoms. The van der Waals surface area contributed by atoms with Gasteiger partial charge in [0, 0.05) is 18.5 Å². The maximum atomic E-state index is 12.5. The van der Waals surface area contributed by atoms with E-state index in [1.165, 1.54) is 36.6 Å². The molecule has 116 valence electrons. The van der Waals surface area contributed by atoms with E-state index in [4.69, 9.17) is 0 Å². The number of nitrogens with zero attached hydrogens (tertiary/aromatic N) is 3. The van der Waals surface area contributed by atoms with Gasteiger partial charge in [0.1, 0.15) is 5.82 Å². The minimum atomic E-state index is -0.153. The molecule has 0 spiro atoms. The van der Waals surface area contributed by atoms with E-state index in [1.807, 2.05) is 38.1 Å². The Kier molecular flexibility index (Phi) is 4.62. The second-order valence-corrected chi connectivity index (χ2v) is 7.16. The van der Waals surface area contributed by atoms with Gasteiger partial charge in [-0.3, -0.25) is 4.79 Å². The molecule has 0 saturated heterocycles. The quantitative estimate of drug-likeness (QED) is 0.638. The van der Waals surface area contributed by atoms with Gasteiger partial charge in [-0.25, -0.2) is 0 Å². The SMILES string of the molecule is Cc1ccc(C(=O)C(C)Sc2nnc3n2CCCCC3)cc1. The molecule has 4 nitrogen and oxygen atoms in total. The molecule has 3 rings (SSSR count). The molecule has 0 N–H and O–H groups in total. The van der Waals surface area contributed by atoms with Gasteiger partial charge in [0.2, 0.25) is 0 Å². The topological polar surface area (TPSA) is 47.8 Å². The Labute approximate surface area is 135 Å². The zero-order valence-corrected chi connectivity index (χ0v) is 13.9. The summed E-state index contributed by atoms with van der Waals surface area (Å²) in [6.45, 7) is 4.94. The molecule has 2 heterocycles. The molecule has 1 aliphatic heterocycles. The Morgan fingerprint density at radius 3 is 2.73 bits per heavy atom. The van der Waals surface area contributed by atoms with Crippen molar-refractivity contribution in [2.45, 2.75) is 56.5 Å². The van der Waals surface area contributed by atoms with Gasteiger partial charge in [-0.05, 0) is 26.7 Å². The van der Waals surface area contributed by atoms with E-state index in [9.17, 15) is 4.79 Å². The first-order valence-corrected chi connectivity index (χ1v) is 8.73. The van der Waals surface area contributed by atoms with Gasteiger partial charge < -0.3 is 4.57 Å². The fourth-order valence-electron chi connectivity index (χ4n) is 2.71. The first-order valence-electron chi connectivity index (χ1n) is 7.85. The van der Waals surface area contributed by atoms with E-state index in [2.05, 4.69) is 14.8 Å². The van der Waals surface area contributed by atoms with Gasteiger partial charge in [0.15, 0.2) is 10.9 Å². The number of aryl methyl sites for hydroxylation is 2. The van der Waals surface area contributed by atoms with Crippen LogP contribution in [0, 0.1) is 6.92 Å².